The standard InChI is InChI=1S/C28H30ClNO5S/c1-19-4-2-3-5-27(19)35-15-14-20-16-21(6-13-28(31)32)26-12-9-24(18-22(26)17-20)30-36(33,34)25-10-7-23(29)8-11-25/h2-5,7-8,10-11,16-17,24,30H,6,9,12-15,18H2,1H3,(H,31,32). The number of rotatable bonds is 10. The van der Waals surface area contributed by atoms with E-state index in [1.165, 1.54) is 12.1 Å². The fraction of sp³-hybridized carbons (Fsp3) is 0.321. The Morgan fingerprint density at radius 1 is 1.11 bits per heavy atom. The molecule has 1 aliphatic carbocycles. The molecule has 0 amide bonds. The summed E-state index contributed by atoms with van der Waals surface area (Å²) in [5.41, 5.74) is 5.37. The number of ether oxygens (including phenoxy) is 1. The van der Waals surface area contributed by atoms with Crippen molar-refractivity contribution in [2.45, 2.75) is 56.4 Å². The van der Waals surface area contributed by atoms with Crippen LogP contribution in [0.15, 0.2) is 65.6 Å². The smallest absolute Gasteiger partial charge is 0.303 e. The first kappa shape index (κ1) is 26.2. The number of sulfonamides is 1. The predicted molar refractivity (Wildman–Crippen MR) is 140 cm³/mol. The number of fused-ring (bicyclic) bond motifs is 1. The van der Waals surface area contributed by atoms with Crippen molar-refractivity contribution in [1.29, 1.82) is 0 Å². The van der Waals surface area contributed by atoms with Gasteiger partial charge in [-0.15, -0.1) is 0 Å². The van der Waals surface area contributed by atoms with Crippen LogP contribution < -0.4 is 9.46 Å². The lowest BCUT2D eigenvalue weighted by molar-refractivity contribution is -0.136. The van der Waals surface area contributed by atoms with Gasteiger partial charge < -0.3 is 9.84 Å². The van der Waals surface area contributed by atoms with Gasteiger partial charge >= 0.3 is 5.97 Å². The van der Waals surface area contributed by atoms with Gasteiger partial charge in [-0.1, -0.05) is 41.9 Å². The van der Waals surface area contributed by atoms with Gasteiger partial charge in [-0.25, -0.2) is 13.1 Å². The summed E-state index contributed by atoms with van der Waals surface area (Å²) in [7, 11) is -3.68. The molecule has 1 atom stereocenters. The molecule has 2 N–H and O–H groups in total. The van der Waals surface area contributed by atoms with Gasteiger partial charge in [0, 0.05) is 23.9 Å². The fourth-order valence-electron chi connectivity index (χ4n) is 4.67. The third-order valence-electron chi connectivity index (χ3n) is 6.50. The number of carboxylic acids is 1. The highest BCUT2D eigenvalue weighted by Gasteiger charge is 2.26. The van der Waals surface area contributed by atoms with Gasteiger partial charge in [0.15, 0.2) is 0 Å². The third-order valence-corrected chi connectivity index (χ3v) is 8.29. The number of aliphatic carboxylic acids is 1. The molecule has 0 saturated heterocycles. The Morgan fingerprint density at radius 2 is 1.86 bits per heavy atom. The molecule has 8 heteroatoms. The number of carbonyl (C=O) groups is 1. The van der Waals surface area contributed by atoms with E-state index in [2.05, 4.69) is 16.9 Å². The van der Waals surface area contributed by atoms with Crippen LogP contribution in [0.3, 0.4) is 0 Å². The minimum atomic E-state index is -3.68. The maximum Gasteiger partial charge on any atom is 0.303 e. The van der Waals surface area contributed by atoms with Crippen molar-refractivity contribution >= 4 is 27.6 Å². The SMILES string of the molecule is Cc1ccccc1OCCc1cc(CCC(=O)O)c2c(c1)CC(NS(=O)(=O)c1ccc(Cl)cc1)CC2. The molecule has 0 aromatic heterocycles. The molecule has 36 heavy (non-hydrogen) atoms. The van der Waals surface area contributed by atoms with Crippen LogP contribution in [0.4, 0.5) is 0 Å². The Hall–Kier alpha value is -2.87. The summed E-state index contributed by atoms with van der Waals surface area (Å²) in [6, 6.07) is 17.9. The lowest BCUT2D eigenvalue weighted by atomic mass is 9.83. The fourth-order valence-corrected chi connectivity index (χ4v) is 6.06. The van der Waals surface area contributed by atoms with Gasteiger partial charge in [0.25, 0.3) is 0 Å². The third kappa shape index (κ3) is 6.66. The molecule has 1 unspecified atom stereocenters. The summed E-state index contributed by atoms with van der Waals surface area (Å²) in [6.07, 6.45) is 3.07. The van der Waals surface area contributed by atoms with Crippen LogP contribution >= 0.6 is 11.6 Å². The topological polar surface area (TPSA) is 92.7 Å². The van der Waals surface area contributed by atoms with Crippen LogP contribution in [-0.2, 0) is 40.5 Å². The largest absolute Gasteiger partial charge is 0.493 e. The number of hydrogen-bond donors (Lipinski definition) is 2. The Labute approximate surface area is 217 Å². The summed E-state index contributed by atoms with van der Waals surface area (Å²) in [5.74, 6) is 0.0136. The molecule has 6 nitrogen and oxygen atoms in total. The molecule has 0 fully saturated rings. The normalized spacial score (nSPS) is 15.3. The van der Waals surface area contributed by atoms with E-state index >= 15 is 0 Å². The second-order valence-electron chi connectivity index (χ2n) is 9.17. The Bertz CT molecular complexity index is 1340. The van der Waals surface area contributed by atoms with Crippen molar-refractivity contribution in [2.24, 2.45) is 0 Å². The molecule has 0 heterocycles. The average molecular weight is 528 g/mol. The van der Waals surface area contributed by atoms with Gasteiger partial charge in [0.1, 0.15) is 5.75 Å². The van der Waals surface area contributed by atoms with Crippen LogP contribution in [0.2, 0.25) is 5.02 Å². The highest BCUT2D eigenvalue weighted by Crippen LogP contribution is 2.29. The molecule has 0 aliphatic heterocycles. The Morgan fingerprint density at radius 3 is 2.58 bits per heavy atom. The van der Waals surface area contributed by atoms with Crippen molar-refractivity contribution < 1.29 is 23.1 Å². The van der Waals surface area contributed by atoms with Gasteiger partial charge in [-0.05, 0) is 90.8 Å². The first-order valence-corrected chi connectivity index (χ1v) is 13.9. The van der Waals surface area contributed by atoms with Gasteiger partial charge in [-0.2, -0.15) is 0 Å². The number of nitrogens with one attached hydrogen (secondary N) is 1. The van der Waals surface area contributed by atoms with Crippen molar-refractivity contribution in [3.05, 3.63) is 93.5 Å². The van der Waals surface area contributed by atoms with Gasteiger partial charge in [0.2, 0.25) is 10.0 Å². The molecule has 0 spiro atoms. The van der Waals surface area contributed by atoms with Crippen molar-refractivity contribution in [1.82, 2.24) is 4.72 Å². The molecule has 3 aromatic rings. The monoisotopic (exact) mass is 527 g/mol. The van der Waals surface area contributed by atoms with Crippen molar-refractivity contribution in [3.8, 4) is 5.75 Å². The Kier molecular flexibility index (Phi) is 8.34. The van der Waals surface area contributed by atoms with E-state index in [9.17, 15) is 18.3 Å². The quantitative estimate of drug-likeness (QED) is 0.381. The first-order valence-electron chi connectivity index (χ1n) is 12.0. The zero-order chi connectivity index (χ0) is 25.7. The predicted octanol–water partition coefficient (Wildman–Crippen LogP) is 5.12. The second-order valence-corrected chi connectivity index (χ2v) is 11.3. The molecule has 4 rings (SSSR count). The van der Waals surface area contributed by atoms with E-state index in [-0.39, 0.29) is 17.4 Å². The number of halogens is 1. The number of carboxylic acid groups (broad SMARTS) is 1. The van der Waals surface area contributed by atoms with E-state index in [0.29, 0.717) is 43.7 Å². The second kappa shape index (κ2) is 11.5. The molecule has 0 radical (unpaired) electrons. The summed E-state index contributed by atoms with van der Waals surface area (Å²) in [5, 5.41) is 9.71. The van der Waals surface area contributed by atoms with Gasteiger partial charge in [0.05, 0.1) is 11.5 Å². The molecular formula is C28H30ClNO5S. The van der Waals surface area contributed by atoms with E-state index in [0.717, 1.165) is 33.6 Å². The molecule has 0 saturated carbocycles. The summed E-state index contributed by atoms with van der Waals surface area (Å²) >= 11 is 5.90. The maximum absolute atomic E-state index is 12.9. The molecule has 3 aromatic carbocycles. The molecule has 1 aliphatic rings. The van der Waals surface area contributed by atoms with Crippen LogP contribution in [0.5, 0.6) is 5.75 Å². The lowest BCUT2D eigenvalue weighted by Gasteiger charge is -2.28. The summed E-state index contributed by atoms with van der Waals surface area (Å²) in [6.45, 7) is 2.50. The molecule has 190 valence electrons. The number of para-hydroxylation sites is 1. The zero-order valence-corrected chi connectivity index (χ0v) is 21.7. The highest BCUT2D eigenvalue weighted by atomic mass is 35.5. The number of aryl methyl sites for hydroxylation is 2. The van der Waals surface area contributed by atoms with Crippen LogP contribution in [0.1, 0.15) is 40.7 Å². The van der Waals surface area contributed by atoms with Crippen molar-refractivity contribution in [3.63, 3.8) is 0 Å². The van der Waals surface area contributed by atoms with E-state index in [1.807, 2.05) is 31.2 Å². The summed E-state index contributed by atoms with van der Waals surface area (Å²) < 4.78 is 34.6. The number of hydrogen-bond acceptors (Lipinski definition) is 4. The lowest BCUT2D eigenvalue weighted by Crippen LogP contribution is -2.39. The minimum absolute atomic E-state index is 0.0578. The summed E-state index contributed by atoms with van der Waals surface area (Å²) in [4.78, 5) is 11.4. The van der Waals surface area contributed by atoms with Crippen LogP contribution in [0, 0.1) is 6.92 Å². The van der Waals surface area contributed by atoms with E-state index < -0.39 is 16.0 Å². The molecular weight excluding hydrogens is 498 g/mol. The van der Waals surface area contributed by atoms with E-state index in [4.69, 9.17) is 16.3 Å². The molecule has 0 bridgehead atoms. The minimum Gasteiger partial charge on any atom is -0.493 e. The average Bonchev–Trinajstić information content (AvgIpc) is 2.83. The van der Waals surface area contributed by atoms with Gasteiger partial charge in [-0.3, -0.25) is 4.79 Å². The van der Waals surface area contributed by atoms with Crippen LogP contribution in [-0.4, -0.2) is 32.1 Å². The maximum atomic E-state index is 12.9. The van der Waals surface area contributed by atoms with E-state index in [1.54, 1.807) is 12.1 Å². The number of benzene rings is 3. The first-order chi connectivity index (χ1) is 17.2. The van der Waals surface area contributed by atoms with Crippen LogP contribution in [0.25, 0.3) is 0 Å². The Balaban J connectivity index is 1.51. The highest BCUT2D eigenvalue weighted by molar-refractivity contribution is 7.89. The van der Waals surface area contributed by atoms with Crippen molar-refractivity contribution in [2.75, 3.05) is 6.61 Å². The zero-order valence-electron chi connectivity index (χ0n) is 20.2.